The molecule has 3 heteroatoms. The molecule has 0 saturated heterocycles. The molecule has 0 radical (unpaired) electrons. The highest BCUT2D eigenvalue weighted by molar-refractivity contribution is 7.15. The van der Waals surface area contributed by atoms with E-state index in [2.05, 4.69) is 24.1 Å². The number of hydrogen-bond donors (Lipinski definition) is 1. The molecule has 0 aliphatic heterocycles. The van der Waals surface area contributed by atoms with Crippen LogP contribution in [0.1, 0.15) is 36.3 Å². The van der Waals surface area contributed by atoms with E-state index in [0.29, 0.717) is 0 Å². The van der Waals surface area contributed by atoms with E-state index in [1.54, 1.807) is 11.3 Å². The van der Waals surface area contributed by atoms with E-state index in [9.17, 15) is 0 Å². The molecule has 2 rings (SSSR count). The molecule has 1 heterocycles. The molecule has 1 saturated carbocycles. The first kappa shape index (κ1) is 9.97. The van der Waals surface area contributed by atoms with Gasteiger partial charge in [0.25, 0.3) is 0 Å². The summed E-state index contributed by atoms with van der Waals surface area (Å²) in [5, 5.41) is 4.56. The van der Waals surface area contributed by atoms with Gasteiger partial charge in [-0.15, -0.1) is 11.3 Å². The van der Waals surface area contributed by atoms with Gasteiger partial charge in [0.1, 0.15) is 0 Å². The van der Waals surface area contributed by atoms with Crippen LogP contribution in [0.25, 0.3) is 0 Å². The van der Waals surface area contributed by atoms with Crippen molar-refractivity contribution in [1.29, 1.82) is 0 Å². The van der Waals surface area contributed by atoms with Gasteiger partial charge in [-0.25, -0.2) is 4.98 Å². The predicted molar refractivity (Wildman–Crippen MR) is 62.0 cm³/mol. The molecule has 0 spiro atoms. The van der Waals surface area contributed by atoms with Crippen molar-refractivity contribution >= 4 is 16.5 Å². The Hall–Kier alpha value is -0.570. The smallest absolute Gasteiger partial charge is 0.183 e. The fourth-order valence-electron chi connectivity index (χ4n) is 1.99. The Morgan fingerprint density at radius 2 is 2.07 bits per heavy atom. The molecule has 0 bridgehead atoms. The molecule has 1 aliphatic rings. The van der Waals surface area contributed by atoms with E-state index in [4.69, 9.17) is 0 Å². The van der Waals surface area contributed by atoms with Gasteiger partial charge in [-0.2, -0.15) is 0 Å². The summed E-state index contributed by atoms with van der Waals surface area (Å²) < 4.78 is 0. The minimum Gasteiger partial charge on any atom is -0.361 e. The minimum absolute atomic E-state index is 0.888. The maximum absolute atomic E-state index is 4.48. The molecule has 2 nitrogen and oxygen atoms in total. The van der Waals surface area contributed by atoms with Gasteiger partial charge >= 0.3 is 0 Å². The molecule has 0 amide bonds. The zero-order chi connectivity index (χ0) is 9.97. The fraction of sp³-hybridized carbons (Fsp3) is 0.727. The van der Waals surface area contributed by atoms with Crippen LogP contribution in [0.2, 0.25) is 0 Å². The average molecular weight is 210 g/mol. The second-order valence-electron chi connectivity index (χ2n) is 4.19. The third-order valence-corrected chi connectivity index (χ3v) is 4.08. The highest BCUT2D eigenvalue weighted by atomic mass is 32.1. The van der Waals surface area contributed by atoms with E-state index in [-0.39, 0.29) is 0 Å². The van der Waals surface area contributed by atoms with Crippen LogP contribution in [0.15, 0.2) is 0 Å². The molecule has 14 heavy (non-hydrogen) atoms. The van der Waals surface area contributed by atoms with Gasteiger partial charge in [-0.05, 0) is 32.6 Å². The van der Waals surface area contributed by atoms with E-state index >= 15 is 0 Å². The molecule has 1 aliphatic carbocycles. The molecular weight excluding hydrogens is 192 g/mol. The van der Waals surface area contributed by atoms with E-state index in [1.807, 2.05) is 0 Å². The van der Waals surface area contributed by atoms with Gasteiger partial charge in [0.2, 0.25) is 0 Å². The lowest BCUT2D eigenvalue weighted by Crippen LogP contribution is -2.10. The van der Waals surface area contributed by atoms with E-state index in [0.717, 1.165) is 17.6 Å². The topological polar surface area (TPSA) is 24.9 Å². The van der Waals surface area contributed by atoms with Crippen LogP contribution in [0.5, 0.6) is 0 Å². The lowest BCUT2D eigenvalue weighted by atomic mass is 10.1. The molecule has 0 atom stereocenters. The SMILES string of the molecule is Cc1nc(NCC2CCCC2)sc1C. The lowest BCUT2D eigenvalue weighted by molar-refractivity contribution is 0.579. The van der Waals surface area contributed by atoms with Crippen molar-refractivity contribution in [3.8, 4) is 0 Å². The van der Waals surface area contributed by atoms with Gasteiger partial charge in [0.15, 0.2) is 5.13 Å². The zero-order valence-electron chi connectivity index (χ0n) is 8.97. The molecule has 0 aromatic carbocycles. The second kappa shape index (κ2) is 4.30. The third-order valence-electron chi connectivity index (χ3n) is 3.05. The van der Waals surface area contributed by atoms with E-state index < -0.39 is 0 Å². The Morgan fingerprint density at radius 1 is 1.36 bits per heavy atom. The summed E-state index contributed by atoms with van der Waals surface area (Å²) in [6, 6.07) is 0. The van der Waals surface area contributed by atoms with Crippen molar-refractivity contribution in [3.63, 3.8) is 0 Å². The highest BCUT2D eigenvalue weighted by Crippen LogP contribution is 2.26. The Bertz CT molecular complexity index is 281. The van der Waals surface area contributed by atoms with Crippen LogP contribution in [0, 0.1) is 19.8 Å². The number of nitrogens with zero attached hydrogens (tertiary/aromatic N) is 1. The summed E-state index contributed by atoms with van der Waals surface area (Å²) in [5.74, 6) is 0.888. The number of aromatic nitrogens is 1. The Labute approximate surface area is 89.8 Å². The Kier molecular flexibility index (Phi) is 3.06. The van der Waals surface area contributed by atoms with E-state index in [1.165, 1.54) is 36.3 Å². The average Bonchev–Trinajstić information content (AvgIpc) is 2.74. The number of aryl methyl sites for hydroxylation is 2. The standard InChI is InChI=1S/C11H18N2S/c1-8-9(2)14-11(13-8)12-7-10-5-3-4-6-10/h10H,3-7H2,1-2H3,(H,12,13). The maximum Gasteiger partial charge on any atom is 0.183 e. The largest absolute Gasteiger partial charge is 0.361 e. The predicted octanol–water partition coefficient (Wildman–Crippen LogP) is 3.36. The van der Waals surface area contributed by atoms with Gasteiger partial charge in [-0.3, -0.25) is 0 Å². The number of thiazole rings is 1. The van der Waals surface area contributed by atoms with Crippen LogP contribution in [-0.4, -0.2) is 11.5 Å². The van der Waals surface area contributed by atoms with Crippen molar-refractivity contribution in [2.24, 2.45) is 5.92 Å². The van der Waals surface area contributed by atoms with Crippen molar-refractivity contribution < 1.29 is 0 Å². The van der Waals surface area contributed by atoms with Crippen LogP contribution >= 0.6 is 11.3 Å². The van der Waals surface area contributed by atoms with Crippen molar-refractivity contribution in [1.82, 2.24) is 4.98 Å². The lowest BCUT2D eigenvalue weighted by Gasteiger charge is -2.08. The third kappa shape index (κ3) is 2.27. The summed E-state index contributed by atoms with van der Waals surface area (Å²) in [6.45, 7) is 5.33. The second-order valence-corrected chi connectivity index (χ2v) is 5.40. The molecular formula is C11H18N2S. The highest BCUT2D eigenvalue weighted by Gasteiger charge is 2.15. The summed E-state index contributed by atoms with van der Waals surface area (Å²) in [6.07, 6.45) is 5.64. The first-order valence-corrected chi connectivity index (χ1v) is 6.25. The number of anilines is 1. The van der Waals surface area contributed by atoms with Crippen LogP contribution < -0.4 is 5.32 Å². The Morgan fingerprint density at radius 3 is 2.64 bits per heavy atom. The van der Waals surface area contributed by atoms with Crippen molar-refractivity contribution in [2.75, 3.05) is 11.9 Å². The van der Waals surface area contributed by atoms with Gasteiger partial charge in [0, 0.05) is 11.4 Å². The van der Waals surface area contributed by atoms with Crippen LogP contribution in [0.3, 0.4) is 0 Å². The summed E-state index contributed by atoms with van der Waals surface area (Å²) in [5.41, 5.74) is 1.17. The number of nitrogens with one attached hydrogen (secondary N) is 1. The molecule has 1 N–H and O–H groups in total. The number of hydrogen-bond acceptors (Lipinski definition) is 3. The van der Waals surface area contributed by atoms with Gasteiger partial charge in [0.05, 0.1) is 5.69 Å². The van der Waals surface area contributed by atoms with Gasteiger partial charge in [-0.1, -0.05) is 12.8 Å². The van der Waals surface area contributed by atoms with Crippen molar-refractivity contribution in [3.05, 3.63) is 10.6 Å². The van der Waals surface area contributed by atoms with Crippen LogP contribution in [-0.2, 0) is 0 Å². The monoisotopic (exact) mass is 210 g/mol. The molecule has 0 unspecified atom stereocenters. The fourth-order valence-corrected chi connectivity index (χ4v) is 2.82. The summed E-state index contributed by atoms with van der Waals surface area (Å²) in [4.78, 5) is 5.81. The summed E-state index contributed by atoms with van der Waals surface area (Å²) >= 11 is 1.78. The Balaban J connectivity index is 1.85. The number of rotatable bonds is 3. The zero-order valence-corrected chi connectivity index (χ0v) is 9.78. The molecule has 1 aromatic rings. The first-order valence-electron chi connectivity index (χ1n) is 5.43. The maximum atomic E-state index is 4.48. The quantitative estimate of drug-likeness (QED) is 0.827. The van der Waals surface area contributed by atoms with Crippen LogP contribution in [0.4, 0.5) is 5.13 Å². The molecule has 1 fully saturated rings. The molecule has 78 valence electrons. The van der Waals surface area contributed by atoms with Gasteiger partial charge < -0.3 is 5.32 Å². The normalized spacial score (nSPS) is 17.6. The first-order chi connectivity index (χ1) is 6.75. The summed E-state index contributed by atoms with van der Waals surface area (Å²) in [7, 11) is 0. The minimum atomic E-state index is 0.888. The molecule has 1 aromatic heterocycles. The van der Waals surface area contributed by atoms with Crippen molar-refractivity contribution in [2.45, 2.75) is 39.5 Å².